The number of hydrogen-bond donors (Lipinski definition) is 2. The third kappa shape index (κ3) is 3.21. The number of nitrogens with one attached hydrogen (secondary N) is 1. The SMILES string of the molecule is Cc1csc(NC(=O)COc2ccccc2O)n1. The maximum Gasteiger partial charge on any atom is 0.264 e. The summed E-state index contributed by atoms with van der Waals surface area (Å²) in [7, 11) is 0. The minimum absolute atomic E-state index is 0.00962. The molecular formula is C12H12N2O3S. The van der Waals surface area contributed by atoms with Gasteiger partial charge in [0, 0.05) is 5.38 Å². The average molecular weight is 264 g/mol. The van der Waals surface area contributed by atoms with E-state index in [1.807, 2.05) is 12.3 Å². The quantitative estimate of drug-likeness (QED) is 0.887. The summed E-state index contributed by atoms with van der Waals surface area (Å²) in [5.41, 5.74) is 0.858. The van der Waals surface area contributed by atoms with Gasteiger partial charge in [0.25, 0.3) is 5.91 Å². The molecule has 2 N–H and O–H groups in total. The van der Waals surface area contributed by atoms with Gasteiger partial charge in [-0.15, -0.1) is 11.3 Å². The summed E-state index contributed by atoms with van der Waals surface area (Å²) in [6, 6.07) is 6.49. The Balaban J connectivity index is 1.87. The third-order valence-electron chi connectivity index (χ3n) is 2.09. The largest absolute Gasteiger partial charge is 0.504 e. The molecule has 0 radical (unpaired) electrons. The van der Waals surface area contributed by atoms with E-state index in [9.17, 15) is 9.90 Å². The lowest BCUT2D eigenvalue weighted by molar-refractivity contribution is -0.118. The predicted molar refractivity (Wildman–Crippen MR) is 69.1 cm³/mol. The second-order valence-corrected chi connectivity index (χ2v) is 4.46. The third-order valence-corrected chi connectivity index (χ3v) is 2.96. The van der Waals surface area contributed by atoms with Crippen LogP contribution in [0, 0.1) is 6.92 Å². The number of aromatic hydroxyl groups is 1. The van der Waals surface area contributed by atoms with Gasteiger partial charge in [-0.1, -0.05) is 12.1 Å². The summed E-state index contributed by atoms with van der Waals surface area (Å²) in [6.07, 6.45) is 0. The number of hydrogen-bond acceptors (Lipinski definition) is 5. The molecule has 1 heterocycles. The Morgan fingerprint density at radius 2 is 2.28 bits per heavy atom. The number of thiazole rings is 1. The van der Waals surface area contributed by atoms with E-state index in [-0.39, 0.29) is 24.0 Å². The minimum atomic E-state index is -0.312. The molecule has 0 bridgehead atoms. The highest BCUT2D eigenvalue weighted by atomic mass is 32.1. The molecular weight excluding hydrogens is 252 g/mol. The number of carbonyl (C=O) groups is 1. The van der Waals surface area contributed by atoms with Crippen LogP contribution in [0.1, 0.15) is 5.69 Å². The lowest BCUT2D eigenvalue weighted by Crippen LogP contribution is -2.20. The van der Waals surface area contributed by atoms with Gasteiger partial charge in [-0.3, -0.25) is 10.1 Å². The number of amides is 1. The fourth-order valence-corrected chi connectivity index (χ4v) is 1.99. The van der Waals surface area contributed by atoms with Crippen molar-refractivity contribution in [2.45, 2.75) is 6.92 Å². The number of phenolic OH excluding ortho intramolecular Hbond substituents is 1. The van der Waals surface area contributed by atoms with Crippen molar-refractivity contribution in [3.05, 3.63) is 35.3 Å². The van der Waals surface area contributed by atoms with Crippen molar-refractivity contribution in [1.29, 1.82) is 0 Å². The lowest BCUT2D eigenvalue weighted by Gasteiger charge is -2.06. The average Bonchev–Trinajstić information content (AvgIpc) is 2.74. The number of ether oxygens (including phenoxy) is 1. The lowest BCUT2D eigenvalue weighted by atomic mass is 10.3. The van der Waals surface area contributed by atoms with Crippen molar-refractivity contribution in [3.8, 4) is 11.5 Å². The number of nitrogens with zero attached hydrogens (tertiary/aromatic N) is 1. The molecule has 1 amide bonds. The van der Waals surface area contributed by atoms with Crippen molar-refractivity contribution in [2.75, 3.05) is 11.9 Å². The van der Waals surface area contributed by atoms with Crippen LogP contribution in [0.15, 0.2) is 29.6 Å². The van der Waals surface area contributed by atoms with Gasteiger partial charge >= 0.3 is 0 Å². The van der Waals surface area contributed by atoms with Crippen LogP contribution in [-0.4, -0.2) is 22.6 Å². The van der Waals surface area contributed by atoms with Gasteiger partial charge in [-0.25, -0.2) is 4.98 Å². The van der Waals surface area contributed by atoms with Gasteiger partial charge in [0.1, 0.15) is 0 Å². The fraction of sp³-hybridized carbons (Fsp3) is 0.167. The normalized spacial score (nSPS) is 10.1. The highest BCUT2D eigenvalue weighted by Crippen LogP contribution is 2.24. The first-order chi connectivity index (χ1) is 8.65. The number of para-hydroxylation sites is 2. The van der Waals surface area contributed by atoms with Crippen molar-refractivity contribution < 1.29 is 14.6 Å². The fourth-order valence-electron chi connectivity index (χ4n) is 1.29. The predicted octanol–water partition coefficient (Wildman–Crippen LogP) is 2.17. The van der Waals surface area contributed by atoms with Crippen molar-refractivity contribution in [3.63, 3.8) is 0 Å². The molecule has 2 rings (SSSR count). The van der Waals surface area contributed by atoms with E-state index in [0.717, 1.165) is 5.69 Å². The molecule has 6 heteroatoms. The van der Waals surface area contributed by atoms with Crippen LogP contribution in [0.2, 0.25) is 0 Å². The molecule has 0 spiro atoms. The first-order valence-electron chi connectivity index (χ1n) is 5.28. The summed E-state index contributed by atoms with van der Waals surface area (Å²) in [5.74, 6) is -0.0223. The van der Waals surface area contributed by atoms with E-state index in [0.29, 0.717) is 5.13 Å². The van der Waals surface area contributed by atoms with Crippen LogP contribution in [-0.2, 0) is 4.79 Å². The van der Waals surface area contributed by atoms with E-state index in [1.54, 1.807) is 18.2 Å². The van der Waals surface area contributed by atoms with Crippen LogP contribution in [0.4, 0.5) is 5.13 Å². The minimum Gasteiger partial charge on any atom is -0.504 e. The smallest absolute Gasteiger partial charge is 0.264 e. The second-order valence-electron chi connectivity index (χ2n) is 3.60. The molecule has 18 heavy (non-hydrogen) atoms. The number of carbonyl (C=O) groups excluding carboxylic acids is 1. The Bertz CT molecular complexity index is 554. The molecule has 0 fully saturated rings. The molecule has 5 nitrogen and oxygen atoms in total. The van der Waals surface area contributed by atoms with Gasteiger partial charge in [0.2, 0.25) is 0 Å². The van der Waals surface area contributed by atoms with E-state index in [4.69, 9.17) is 4.74 Å². The van der Waals surface area contributed by atoms with Gasteiger partial charge in [0.05, 0.1) is 5.69 Å². The zero-order valence-corrected chi connectivity index (χ0v) is 10.5. The second kappa shape index (κ2) is 5.50. The summed E-state index contributed by atoms with van der Waals surface area (Å²) >= 11 is 1.35. The number of rotatable bonds is 4. The van der Waals surface area contributed by atoms with E-state index < -0.39 is 0 Å². The van der Waals surface area contributed by atoms with E-state index in [1.165, 1.54) is 17.4 Å². The Morgan fingerprint density at radius 3 is 2.94 bits per heavy atom. The van der Waals surface area contributed by atoms with Crippen LogP contribution >= 0.6 is 11.3 Å². The Morgan fingerprint density at radius 1 is 1.50 bits per heavy atom. The molecule has 1 aromatic carbocycles. The number of benzene rings is 1. The summed E-state index contributed by atoms with van der Waals surface area (Å²) in [6.45, 7) is 1.68. The zero-order chi connectivity index (χ0) is 13.0. The standard InChI is InChI=1S/C12H12N2O3S/c1-8-7-18-12(13-8)14-11(16)6-17-10-5-3-2-4-9(10)15/h2-5,7,15H,6H2,1H3,(H,13,14,16). The summed E-state index contributed by atoms with van der Waals surface area (Å²) < 4.78 is 5.19. The Hall–Kier alpha value is -2.08. The number of phenols is 1. The Labute approximate surface area is 108 Å². The number of anilines is 1. The molecule has 0 aliphatic rings. The van der Waals surface area contributed by atoms with Crippen LogP contribution in [0.3, 0.4) is 0 Å². The molecule has 1 aromatic heterocycles. The molecule has 94 valence electrons. The van der Waals surface area contributed by atoms with Crippen LogP contribution in [0.5, 0.6) is 11.5 Å². The molecule has 0 saturated heterocycles. The first kappa shape index (κ1) is 12.4. The monoisotopic (exact) mass is 264 g/mol. The van der Waals surface area contributed by atoms with Gasteiger partial charge in [-0.05, 0) is 19.1 Å². The number of aryl methyl sites for hydroxylation is 1. The van der Waals surface area contributed by atoms with Crippen molar-refractivity contribution >= 4 is 22.4 Å². The molecule has 0 aliphatic carbocycles. The maximum atomic E-state index is 11.6. The molecule has 0 atom stereocenters. The topological polar surface area (TPSA) is 71.5 Å². The first-order valence-corrected chi connectivity index (χ1v) is 6.16. The molecule has 0 aliphatic heterocycles. The molecule has 2 aromatic rings. The van der Waals surface area contributed by atoms with Crippen molar-refractivity contribution in [2.24, 2.45) is 0 Å². The summed E-state index contributed by atoms with van der Waals surface area (Å²) in [5, 5.41) is 14.5. The number of aromatic nitrogens is 1. The maximum absolute atomic E-state index is 11.6. The van der Waals surface area contributed by atoms with Gasteiger partial charge in [0.15, 0.2) is 23.2 Å². The zero-order valence-electron chi connectivity index (χ0n) is 9.71. The van der Waals surface area contributed by atoms with E-state index >= 15 is 0 Å². The highest BCUT2D eigenvalue weighted by Gasteiger charge is 2.07. The van der Waals surface area contributed by atoms with Crippen LogP contribution in [0.25, 0.3) is 0 Å². The van der Waals surface area contributed by atoms with Crippen LogP contribution < -0.4 is 10.1 Å². The van der Waals surface area contributed by atoms with Gasteiger partial charge in [-0.2, -0.15) is 0 Å². The van der Waals surface area contributed by atoms with Crippen molar-refractivity contribution in [1.82, 2.24) is 4.98 Å². The highest BCUT2D eigenvalue weighted by molar-refractivity contribution is 7.13. The molecule has 0 unspecified atom stereocenters. The molecule has 0 saturated carbocycles. The Kier molecular flexibility index (Phi) is 3.78. The van der Waals surface area contributed by atoms with Gasteiger partial charge < -0.3 is 9.84 Å². The van der Waals surface area contributed by atoms with E-state index in [2.05, 4.69) is 10.3 Å². The summed E-state index contributed by atoms with van der Waals surface area (Å²) in [4.78, 5) is 15.7.